The minimum absolute atomic E-state index is 0.402. The fourth-order valence-electron chi connectivity index (χ4n) is 2.87. The molecule has 6 nitrogen and oxygen atoms in total. The van der Waals surface area contributed by atoms with Gasteiger partial charge in [0, 0.05) is 13.1 Å². The molecule has 0 aromatic heterocycles. The van der Waals surface area contributed by atoms with Gasteiger partial charge in [-0.05, 0) is 24.8 Å². The van der Waals surface area contributed by atoms with Crippen LogP contribution in [0.4, 0.5) is 0 Å². The van der Waals surface area contributed by atoms with E-state index >= 15 is 0 Å². The lowest BCUT2D eigenvalue weighted by Crippen LogP contribution is -2.49. The van der Waals surface area contributed by atoms with Crippen LogP contribution in [0.2, 0.25) is 0 Å². The number of aliphatic hydroxyl groups is 1. The largest absolute Gasteiger partial charge is 0.469 e. The number of hydrogen-bond donors (Lipinski definition) is 1. The van der Waals surface area contributed by atoms with Crippen LogP contribution in [0.5, 0.6) is 0 Å². The van der Waals surface area contributed by atoms with E-state index in [0.717, 1.165) is 12.0 Å². The minimum atomic E-state index is -1.37. The van der Waals surface area contributed by atoms with Crippen LogP contribution in [0.1, 0.15) is 18.4 Å². The normalized spacial score (nSPS) is 17.2. The lowest BCUT2D eigenvalue weighted by atomic mass is 9.93. The van der Waals surface area contributed by atoms with Gasteiger partial charge in [0.25, 0.3) is 5.91 Å². The zero-order chi connectivity index (χ0) is 17.4. The van der Waals surface area contributed by atoms with E-state index in [-0.39, 0.29) is 0 Å². The second-order valence-electron chi connectivity index (χ2n) is 5.89. The molecule has 1 aromatic carbocycles. The summed E-state index contributed by atoms with van der Waals surface area (Å²) in [4.78, 5) is 26.0. The first-order valence-corrected chi connectivity index (χ1v) is 8.30. The number of methoxy groups -OCH3 is 1. The number of rotatable bonds is 7. The Labute approximate surface area is 142 Å². The summed E-state index contributed by atoms with van der Waals surface area (Å²) in [6, 6.07) is 9.91. The van der Waals surface area contributed by atoms with E-state index < -0.39 is 23.9 Å². The molecule has 132 valence electrons. The van der Waals surface area contributed by atoms with Crippen molar-refractivity contribution in [2.24, 2.45) is 5.92 Å². The Morgan fingerprint density at radius 2 is 1.92 bits per heavy atom. The van der Waals surface area contributed by atoms with Crippen molar-refractivity contribution < 1.29 is 24.2 Å². The van der Waals surface area contributed by atoms with Crippen molar-refractivity contribution in [3.63, 3.8) is 0 Å². The van der Waals surface area contributed by atoms with Crippen molar-refractivity contribution >= 4 is 11.9 Å². The summed E-state index contributed by atoms with van der Waals surface area (Å²) in [7, 11) is 1.28. The van der Waals surface area contributed by atoms with Crippen LogP contribution in [-0.2, 0) is 25.5 Å². The van der Waals surface area contributed by atoms with E-state index in [4.69, 9.17) is 9.47 Å². The zero-order valence-corrected chi connectivity index (χ0v) is 14.0. The molecule has 1 fully saturated rings. The summed E-state index contributed by atoms with van der Waals surface area (Å²) in [5.41, 5.74) is 1.16. The minimum Gasteiger partial charge on any atom is -0.469 e. The number of amides is 1. The topological polar surface area (TPSA) is 76.1 Å². The number of aryl methyl sites for hydroxylation is 1. The fraction of sp³-hybridized carbons (Fsp3) is 0.556. The molecule has 1 saturated heterocycles. The van der Waals surface area contributed by atoms with Crippen LogP contribution < -0.4 is 0 Å². The molecule has 0 radical (unpaired) electrons. The van der Waals surface area contributed by atoms with Gasteiger partial charge < -0.3 is 19.5 Å². The molecule has 0 bridgehead atoms. The summed E-state index contributed by atoms with van der Waals surface area (Å²) in [6.45, 7) is 1.78. The van der Waals surface area contributed by atoms with Crippen molar-refractivity contribution in [3.8, 4) is 0 Å². The first-order valence-electron chi connectivity index (χ1n) is 8.30. The number of benzene rings is 1. The van der Waals surface area contributed by atoms with Crippen molar-refractivity contribution in [1.82, 2.24) is 4.90 Å². The summed E-state index contributed by atoms with van der Waals surface area (Å²) >= 11 is 0. The molecule has 24 heavy (non-hydrogen) atoms. The molecule has 2 rings (SSSR count). The molecular formula is C18H25NO5. The Bertz CT molecular complexity index is 527. The Kier molecular flexibility index (Phi) is 7.21. The Hall–Kier alpha value is -1.92. The fourth-order valence-corrected chi connectivity index (χ4v) is 2.87. The SMILES string of the molecule is COC(=O)[C@H](CCCc1ccccc1)[C@H](O)C(=O)N1CCOCC1. The van der Waals surface area contributed by atoms with Crippen LogP contribution >= 0.6 is 0 Å². The number of ether oxygens (including phenoxy) is 2. The first kappa shape index (κ1) is 18.4. The molecule has 6 heteroatoms. The average molecular weight is 335 g/mol. The van der Waals surface area contributed by atoms with Gasteiger partial charge in [0.2, 0.25) is 0 Å². The molecule has 2 atom stereocenters. The van der Waals surface area contributed by atoms with Gasteiger partial charge in [-0.2, -0.15) is 0 Å². The highest BCUT2D eigenvalue weighted by atomic mass is 16.5. The Morgan fingerprint density at radius 3 is 2.54 bits per heavy atom. The number of morpholine rings is 1. The van der Waals surface area contributed by atoms with Gasteiger partial charge in [-0.25, -0.2) is 0 Å². The van der Waals surface area contributed by atoms with Crippen LogP contribution in [0, 0.1) is 5.92 Å². The van der Waals surface area contributed by atoms with Gasteiger partial charge in [-0.3, -0.25) is 9.59 Å². The van der Waals surface area contributed by atoms with E-state index in [0.29, 0.717) is 39.1 Å². The quantitative estimate of drug-likeness (QED) is 0.753. The van der Waals surface area contributed by atoms with Gasteiger partial charge in [-0.1, -0.05) is 30.3 Å². The second-order valence-corrected chi connectivity index (χ2v) is 5.89. The van der Waals surface area contributed by atoms with E-state index in [2.05, 4.69) is 0 Å². The number of nitrogens with zero attached hydrogens (tertiary/aromatic N) is 1. The van der Waals surface area contributed by atoms with Crippen LogP contribution in [-0.4, -0.2) is 61.4 Å². The molecule has 1 aromatic rings. The summed E-state index contributed by atoms with van der Waals surface area (Å²) in [6.07, 6.45) is 0.509. The third-order valence-electron chi connectivity index (χ3n) is 4.28. The molecule has 1 N–H and O–H groups in total. The number of esters is 1. The highest BCUT2D eigenvalue weighted by Gasteiger charge is 2.35. The molecule has 0 saturated carbocycles. The second kappa shape index (κ2) is 9.39. The van der Waals surface area contributed by atoms with E-state index in [1.807, 2.05) is 30.3 Å². The molecule has 0 spiro atoms. The molecule has 1 aliphatic rings. The molecule has 0 aliphatic carbocycles. The summed E-state index contributed by atoms with van der Waals surface area (Å²) in [5, 5.41) is 10.4. The smallest absolute Gasteiger partial charge is 0.311 e. The molecule has 1 heterocycles. The van der Waals surface area contributed by atoms with Gasteiger partial charge in [0.05, 0.1) is 26.2 Å². The van der Waals surface area contributed by atoms with Crippen LogP contribution in [0.15, 0.2) is 30.3 Å². The number of aliphatic hydroxyl groups excluding tert-OH is 1. The molecule has 1 aliphatic heterocycles. The third-order valence-corrected chi connectivity index (χ3v) is 4.28. The van der Waals surface area contributed by atoms with Crippen LogP contribution in [0.25, 0.3) is 0 Å². The highest BCUT2D eigenvalue weighted by molar-refractivity contribution is 5.87. The Balaban J connectivity index is 1.93. The highest BCUT2D eigenvalue weighted by Crippen LogP contribution is 2.18. The maximum absolute atomic E-state index is 12.4. The van der Waals surface area contributed by atoms with Gasteiger partial charge in [0.1, 0.15) is 6.10 Å². The van der Waals surface area contributed by atoms with Gasteiger partial charge >= 0.3 is 5.97 Å². The molecule has 1 amide bonds. The molecule has 0 unspecified atom stereocenters. The number of carbonyl (C=O) groups is 2. The summed E-state index contributed by atoms with van der Waals surface area (Å²) < 4.78 is 9.98. The Morgan fingerprint density at radius 1 is 1.25 bits per heavy atom. The maximum Gasteiger partial charge on any atom is 0.311 e. The first-order chi connectivity index (χ1) is 11.6. The van der Waals surface area contributed by atoms with Crippen molar-refractivity contribution in [1.29, 1.82) is 0 Å². The predicted molar refractivity (Wildman–Crippen MR) is 88.3 cm³/mol. The summed E-state index contributed by atoms with van der Waals surface area (Å²) in [5.74, 6) is -1.81. The zero-order valence-electron chi connectivity index (χ0n) is 14.0. The number of carbonyl (C=O) groups excluding carboxylic acids is 2. The van der Waals surface area contributed by atoms with E-state index in [1.165, 1.54) is 7.11 Å². The lowest BCUT2D eigenvalue weighted by molar-refractivity contribution is -0.159. The maximum atomic E-state index is 12.4. The number of hydrogen-bond acceptors (Lipinski definition) is 5. The van der Waals surface area contributed by atoms with Crippen molar-refractivity contribution in [2.45, 2.75) is 25.4 Å². The van der Waals surface area contributed by atoms with Crippen molar-refractivity contribution in [3.05, 3.63) is 35.9 Å². The van der Waals surface area contributed by atoms with Crippen molar-refractivity contribution in [2.75, 3.05) is 33.4 Å². The lowest BCUT2D eigenvalue weighted by Gasteiger charge is -2.30. The average Bonchev–Trinajstić information content (AvgIpc) is 2.65. The van der Waals surface area contributed by atoms with E-state index in [9.17, 15) is 14.7 Å². The molecular weight excluding hydrogens is 310 g/mol. The monoisotopic (exact) mass is 335 g/mol. The standard InChI is InChI=1S/C18H25NO5/c1-23-18(22)15(9-5-8-14-6-3-2-4-7-14)16(20)17(21)19-10-12-24-13-11-19/h2-4,6-7,15-16,20H,5,8-13H2,1H3/t15-,16+/m1/s1. The third kappa shape index (κ3) is 5.04. The predicted octanol–water partition coefficient (Wildman–Crippen LogP) is 1.02. The van der Waals surface area contributed by atoms with Gasteiger partial charge in [-0.15, -0.1) is 0 Å². The van der Waals surface area contributed by atoms with Gasteiger partial charge in [0.15, 0.2) is 0 Å². The van der Waals surface area contributed by atoms with E-state index in [1.54, 1.807) is 4.90 Å². The van der Waals surface area contributed by atoms with Crippen LogP contribution in [0.3, 0.4) is 0 Å².